The average molecular weight is 550 g/mol. The largest absolute Gasteiger partial charge is 0.444 e. The molecule has 2 fully saturated rings. The van der Waals surface area contributed by atoms with E-state index in [0.29, 0.717) is 17.9 Å². The molecule has 2 aliphatic rings. The monoisotopic (exact) mass is 549 g/mol. The van der Waals surface area contributed by atoms with E-state index in [0.717, 1.165) is 15.7 Å². The van der Waals surface area contributed by atoms with Crippen molar-refractivity contribution in [3.8, 4) is 0 Å². The van der Waals surface area contributed by atoms with E-state index in [4.69, 9.17) is 16.3 Å². The summed E-state index contributed by atoms with van der Waals surface area (Å²) in [4.78, 5) is 43.1. The number of amides is 4. The number of piperidine rings is 1. The molecule has 2 aromatic carbocycles. The summed E-state index contributed by atoms with van der Waals surface area (Å²) >= 11 is 6.01. The fourth-order valence-electron chi connectivity index (χ4n) is 4.90. The van der Waals surface area contributed by atoms with Crippen molar-refractivity contribution in [1.82, 2.24) is 14.7 Å². The number of urea groups is 1. The van der Waals surface area contributed by atoms with Gasteiger partial charge in [-0.25, -0.2) is 18.0 Å². The average Bonchev–Trinajstić information content (AvgIpc) is 2.99. The molecule has 0 aliphatic carbocycles. The molecule has 0 aromatic heterocycles. The number of imide groups is 1. The van der Waals surface area contributed by atoms with Crippen LogP contribution in [0, 0.1) is 0 Å². The zero-order valence-corrected chi connectivity index (χ0v) is 23.1. The first-order chi connectivity index (χ1) is 17.2. The zero-order chi connectivity index (χ0) is 27.2. The van der Waals surface area contributed by atoms with Crippen molar-refractivity contribution in [2.75, 3.05) is 32.4 Å². The number of carbonyl (C=O) groups excluding carboxylic acids is 3. The van der Waals surface area contributed by atoms with E-state index in [1.54, 1.807) is 69.1 Å². The number of fused-ring (bicyclic) bond motifs is 1. The Morgan fingerprint density at radius 1 is 1.05 bits per heavy atom. The summed E-state index contributed by atoms with van der Waals surface area (Å²) in [5, 5.41) is 2.17. The third-order valence-corrected chi connectivity index (χ3v) is 9.01. The van der Waals surface area contributed by atoms with Crippen LogP contribution in [0.2, 0.25) is 5.02 Å². The number of benzene rings is 2. The molecular weight excluding hydrogens is 518 g/mol. The van der Waals surface area contributed by atoms with Gasteiger partial charge in [-0.05, 0) is 75.1 Å². The number of likely N-dealkylation sites (tertiary alicyclic amines) is 1. The minimum absolute atomic E-state index is 0.00194. The lowest BCUT2D eigenvalue weighted by Crippen LogP contribution is -2.56. The Kier molecular flexibility index (Phi) is 7.20. The molecule has 4 rings (SSSR count). The van der Waals surface area contributed by atoms with Crippen LogP contribution in [0.4, 0.5) is 9.59 Å². The first kappa shape index (κ1) is 27.2. The standard InChI is InChI=1S/C26H32ClN3O6S/c1-25(2,3)36-24(33)29-13-10-26(11-14-29)22(31)30(23(32)28(26)4)12-5-15-37(34,35)21-9-7-18-16-20(27)8-6-19(18)17-21/h6-9,16-17H,5,10-15H2,1-4H3. The molecule has 2 heterocycles. The minimum atomic E-state index is -3.62. The highest BCUT2D eigenvalue weighted by atomic mass is 35.5. The molecule has 200 valence electrons. The van der Waals surface area contributed by atoms with Crippen molar-refractivity contribution in [3.63, 3.8) is 0 Å². The lowest BCUT2D eigenvalue weighted by Gasteiger charge is -2.40. The summed E-state index contributed by atoms with van der Waals surface area (Å²) < 4.78 is 31.4. The van der Waals surface area contributed by atoms with E-state index in [9.17, 15) is 22.8 Å². The molecule has 0 unspecified atom stereocenters. The summed E-state index contributed by atoms with van der Waals surface area (Å²) in [5.41, 5.74) is -1.66. The van der Waals surface area contributed by atoms with Crippen LogP contribution in [0.1, 0.15) is 40.0 Å². The SMILES string of the molecule is CN1C(=O)N(CCCS(=O)(=O)c2ccc3cc(Cl)ccc3c2)C(=O)C12CCN(C(=O)OC(C)(C)C)CC2. The number of rotatable bonds is 5. The van der Waals surface area contributed by atoms with Crippen LogP contribution in [0.25, 0.3) is 10.8 Å². The Morgan fingerprint density at radius 2 is 1.68 bits per heavy atom. The van der Waals surface area contributed by atoms with E-state index in [1.165, 1.54) is 4.90 Å². The maximum atomic E-state index is 13.4. The van der Waals surface area contributed by atoms with Crippen molar-refractivity contribution >= 4 is 50.2 Å². The van der Waals surface area contributed by atoms with Gasteiger partial charge in [0, 0.05) is 31.7 Å². The molecule has 0 saturated carbocycles. The van der Waals surface area contributed by atoms with E-state index in [-0.39, 0.29) is 42.6 Å². The number of sulfone groups is 1. The van der Waals surface area contributed by atoms with E-state index < -0.39 is 33.1 Å². The number of likely N-dealkylation sites (N-methyl/N-ethyl adjacent to an activating group) is 1. The van der Waals surface area contributed by atoms with Crippen molar-refractivity contribution in [1.29, 1.82) is 0 Å². The molecule has 2 aromatic rings. The second-order valence-electron chi connectivity index (χ2n) is 10.6. The summed E-state index contributed by atoms with van der Waals surface area (Å²) in [6.07, 6.45) is 0.263. The molecule has 2 aliphatic heterocycles. The number of hydrogen-bond acceptors (Lipinski definition) is 6. The molecule has 1 spiro atoms. The fourth-order valence-corrected chi connectivity index (χ4v) is 6.40. The van der Waals surface area contributed by atoms with Crippen LogP contribution in [0.3, 0.4) is 0 Å². The van der Waals surface area contributed by atoms with Gasteiger partial charge in [-0.2, -0.15) is 0 Å². The van der Waals surface area contributed by atoms with E-state index in [2.05, 4.69) is 0 Å². The number of nitrogens with zero attached hydrogens (tertiary/aromatic N) is 3. The highest BCUT2D eigenvalue weighted by Gasteiger charge is 2.56. The van der Waals surface area contributed by atoms with Crippen LogP contribution in [0.5, 0.6) is 0 Å². The maximum Gasteiger partial charge on any atom is 0.410 e. The van der Waals surface area contributed by atoms with Gasteiger partial charge in [0.15, 0.2) is 9.84 Å². The molecular formula is C26H32ClN3O6S. The number of ether oxygens (including phenoxy) is 1. The van der Waals surface area contributed by atoms with Crippen LogP contribution in [0.15, 0.2) is 41.3 Å². The maximum absolute atomic E-state index is 13.4. The summed E-state index contributed by atoms with van der Waals surface area (Å²) in [6, 6.07) is 9.65. The Labute approximate surface area is 222 Å². The highest BCUT2D eigenvalue weighted by molar-refractivity contribution is 7.91. The molecule has 9 nitrogen and oxygen atoms in total. The van der Waals surface area contributed by atoms with Gasteiger partial charge in [0.25, 0.3) is 5.91 Å². The van der Waals surface area contributed by atoms with Gasteiger partial charge in [0.2, 0.25) is 0 Å². The number of halogens is 1. The molecule has 0 N–H and O–H groups in total. The minimum Gasteiger partial charge on any atom is -0.444 e. The Hall–Kier alpha value is -2.85. The van der Waals surface area contributed by atoms with Crippen LogP contribution in [-0.4, -0.2) is 84.7 Å². The summed E-state index contributed by atoms with van der Waals surface area (Å²) in [7, 11) is -2.04. The van der Waals surface area contributed by atoms with Crippen LogP contribution < -0.4 is 0 Å². The zero-order valence-electron chi connectivity index (χ0n) is 21.5. The predicted molar refractivity (Wildman–Crippen MR) is 140 cm³/mol. The molecule has 0 bridgehead atoms. The summed E-state index contributed by atoms with van der Waals surface area (Å²) in [6.45, 7) is 5.94. The van der Waals surface area contributed by atoms with E-state index in [1.807, 2.05) is 0 Å². The van der Waals surface area contributed by atoms with Gasteiger partial charge in [0.1, 0.15) is 11.1 Å². The molecule has 0 atom stereocenters. The quantitative estimate of drug-likeness (QED) is 0.514. The normalized spacial score (nSPS) is 18.2. The summed E-state index contributed by atoms with van der Waals surface area (Å²) in [5.74, 6) is -0.546. The smallest absolute Gasteiger partial charge is 0.410 e. The van der Waals surface area contributed by atoms with Crippen LogP contribution >= 0.6 is 11.6 Å². The highest BCUT2D eigenvalue weighted by Crippen LogP contribution is 2.36. The van der Waals surface area contributed by atoms with Gasteiger partial charge in [-0.3, -0.25) is 9.69 Å². The van der Waals surface area contributed by atoms with Gasteiger partial charge >= 0.3 is 12.1 Å². The molecule has 4 amide bonds. The molecule has 11 heteroatoms. The lowest BCUT2D eigenvalue weighted by molar-refractivity contribution is -0.135. The Balaban J connectivity index is 1.39. The van der Waals surface area contributed by atoms with Gasteiger partial charge in [0.05, 0.1) is 10.6 Å². The number of hydrogen-bond donors (Lipinski definition) is 0. The second kappa shape index (κ2) is 9.79. The van der Waals surface area contributed by atoms with Crippen molar-refractivity contribution in [3.05, 3.63) is 41.4 Å². The van der Waals surface area contributed by atoms with Gasteiger partial charge in [-0.15, -0.1) is 0 Å². The van der Waals surface area contributed by atoms with Crippen molar-refractivity contribution in [2.45, 2.75) is 56.1 Å². The Bertz CT molecular complexity index is 1350. The first-order valence-corrected chi connectivity index (χ1v) is 14.3. The van der Waals surface area contributed by atoms with Crippen molar-refractivity contribution < 1.29 is 27.5 Å². The Morgan fingerprint density at radius 3 is 2.32 bits per heavy atom. The molecule has 0 radical (unpaired) electrons. The van der Waals surface area contributed by atoms with E-state index >= 15 is 0 Å². The van der Waals surface area contributed by atoms with Crippen molar-refractivity contribution in [2.24, 2.45) is 0 Å². The first-order valence-electron chi connectivity index (χ1n) is 12.2. The second-order valence-corrected chi connectivity index (χ2v) is 13.2. The van der Waals surface area contributed by atoms with Gasteiger partial charge in [-0.1, -0.05) is 23.7 Å². The number of carbonyl (C=O) groups is 3. The fraction of sp³-hybridized carbons (Fsp3) is 0.500. The third-order valence-electron chi connectivity index (χ3n) is 6.97. The third kappa shape index (κ3) is 5.40. The molecule has 37 heavy (non-hydrogen) atoms. The topological polar surface area (TPSA) is 104 Å². The van der Waals surface area contributed by atoms with Crippen LogP contribution in [-0.2, 0) is 19.4 Å². The lowest BCUT2D eigenvalue weighted by atomic mass is 9.86. The predicted octanol–water partition coefficient (Wildman–Crippen LogP) is 4.32. The molecule has 2 saturated heterocycles. The van der Waals surface area contributed by atoms with Gasteiger partial charge < -0.3 is 14.5 Å².